The third-order valence-electron chi connectivity index (χ3n) is 3.18. The lowest BCUT2D eigenvalue weighted by atomic mass is 10.1. The van der Waals surface area contributed by atoms with Crippen molar-refractivity contribution in [2.75, 3.05) is 23.8 Å². The molecule has 0 aromatic rings. The zero-order valence-corrected chi connectivity index (χ0v) is 17.4. The zero-order chi connectivity index (χ0) is 21.5. The largest absolute Gasteiger partial charge is 0.480 e. The summed E-state index contributed by atoms with van der Waals surface area (Å²) in [6.07, 6.45) is 1.00. The normalized spacial score (nSPS) is 13.9. The maximum Gasteiger partial charge on any atom is 0.322 e. The third kappa shape index (κ3) is 14.7. The number of carboxylic acid groups (broad SMARTS) is 2. The Hall–Kier alpha value is -1.35. The first-order chi connectivity index (χ1) is 13.1. The van der Waals surface area contributed by atoms with Crippen molar-refractivity contribution in [3.63, 3.8) is 0 Å². The fraction of sp³-hybridized carbons (Fsp3) is 0.714. The highest BCUT2D eigenvalue weighted by atomic mass is 33.1. The lowest BCUT2D eigenvalue weighted by molar-refractivity contribution is -0.139. The Balaban J connectivity index is 4.43. The van der Waals surface area contributed by atoms with Gasteiger partial charge >= 0.3 is 11.9 Å². The molecule has 0 aliphatic heterocycles. The fourth-order valence-corrected chi connectivity index (χ4v) is 4.47. The molecule has 162 valence electrons. The second-order valence-corrected chi connectivity index (χ2v) is 9.23. The maximum atomic E-state index is 12.1. The Morgan fingerprint density at radius 2 is 1.79 bits per heavy atom. The average Bonchev–Trinajstić information content (AvgIpc) is 2.61. The average molecular weight is 460 g/mol. The first-order valence-corrected chi connectivity index (χ1v) is 12.0. The topological polar surface area (TPSA) is 196 Å². The Kier molecular flexibility index (Phi) is 14.8. The SMILES string of the molecule is NC(CCC(=O)NC(CSSCCCCS(=O)O)C(=O)NCC(=O)O)C(=O)O. The Morgan fingerprint density at radius 1 is 1.11 bits per heavy atom. The van der Waals surface area contributed by atoms with Crippen molar-refractivity contribution < 1.29 is 38.2 Å². The van der Waals surface area contributed by atoms with Gasteiger partial charge in [0.05, 0.1) is 0 Å². The van der Waals surface area contributed by atoms with E-state index in [0.717, 1.165) is 0 Å². The van der Waals surface area contributed by atoms with Crippen LogP contribution in [0.5, 0.6) is 0 Å². The number of carbonyl (C=O) groups excluding carboxylic acids is 2. The summed E-state index contributed by atoms with van der Waals surface area (Å²) in [5, 5.41) is 22.0. The van der Waals surface area contributed by atoms with Gasteiger partial charge in [0.1, 0.15) is 18.6 Å². The van der Waals surface area contributed by atoms with Crippen LogP contribution in [0.2, 0.25) is 0 Å². The van der Waals surface area contributed by atoms with E-state index in [1.54, 1.807) is 0 Å². The highest BCUT2D eigenvalue weighted by Gasteiger charge is 2.22. The molecule has 2 amide bonds. The summed E-state index contributed by atoms with van der Waals surface area (Å²) in [5.74, 6) is -2.66. The van der Waals surface area contributed by atoms with E-state index in [1.807, 2.05) is 0 Å². The minimum atomic E-state index is -1.82. The second kappa shape index (κ2) is 15.6. The van der Waals surface area contributed by atoms with Gasteiger partial charge in [0.2, 0.25) is 11.8 Å². The van der Waals surface area contributed by atoms with E-state index in [1.165, 1.54) is 21.6 Å². The highest BCUT2D eigenvalue weighted by Crippen LogP contribution is 2.23. The van der Waals surface area contributed by atoms with Crippen LogP contribution in [0.3, 0.4) is 0 Å². The number of unbranched alkanes of at least 4 members (excludes halogenated alkanes) is 1. The Morgan fingerprint density at radius 3 is 2.36 bits per heavy atom. The molecule has 0 fully saturated rings. The molecule has 7 N–H and O–H groups in total. The molecule has 0 aromatic heterocycles. The number of carbonyl (C=O) groups is 4. The molecule has 0 saturated heterocycles. The van der Waals surface area contributed by atoms with E-state index < -0.39 is 53.5 Å². The molecule has 0 aliphatic carbocycles. The van der Waals surface area contributed by atoms with Crippen LogP contribution in [0.1, 0.15) is 25.7 Å². The van der Waals surface area contributed by atoms with Crippen molar-refractivity contribution in [3.8, 4) is 0 Å². The molecule has 3 atom stereocenters. The van der Waals surface area contributed by atoms with Crippen LogP contribution < -0.4 is 16.4 Å². The number of amides is 2. The van der Waals surface area contributed by atoms with Gasteiger partial charge in [-0.25, -0.2) is 4.21 Å². The summed E-state index contributed by atoms with van der Waals surface area (Å²) in [6.45, 7) is -0.592. The maximum absolute atomic E-state index is 12.1. The molecule has 3 unspecified atom stereocenters. The number of hydrogen-bond acceptors (Lipinski definition) is 8. The predicted molar refractivity (Wildman–Crippen MR) is 107 cm³/mol. The lowest BCUT2D eigenvalue weighted by Crippen LogP contribution is -2.49. The summed E-state index contributed by atoms with van der Waals surface area (Å²) in [7, 11) is 2.71. The summed E-state index contributed by atoms with van der Waals surface area (Å²) >= 11 is -1.82. The van der Waals surface area contributed by atoms with Gasteiger partial charge < -0.3 is 31.1 Å². The minimum absolute atomic E-state index is 0.0985. The van der Waals surface area contributed by atoms with E-state index in [4.69, 9.17) is 20.5 Å². The lowest BCUT2D eigenvalue weighted by Gasteiger charge is -2.18. The summed E-state index contributed by atoms with van der Waals surface area (Å²) in [4.78, 5) is 45.3. The smallest absolute Gasteiger partial charge is 0.322 e. The van der Waals surface area contributed by atoms with Gasteiger partial charge in [0.25, 0.3) is 0 Å². The molecule has 14 heteroatoms. The van der Waals surface area contributed by atoms with Crippen LogP contribution in [0.15, 0.2) is 0 Å². The molecule has 0 saturated carbocycles. The van der Waals surface area contributed by atoms with E-state index in [-0.39, 0.29) is 24.3 Å². The first kappa shape index (κ1) is 26.6. The summed E-state index contributed by atoms with van der Waals surface area (Å²) in [5.41, 5.74) is 5.33. The first-order valence-electron chi connectivity index (χ1n) is 8.22. The molecule has 0 heterocycles. The van der Waals surface area contributed by atoms with Crippen molar-refractivity contribution in [3.05, 3.63) is 0 Å². The standard InChI is InChI=1S/C14H25N3O8S3/c15-9(14(22)23)3-4-11(18)17-10(13(21)16-7-12(19)20)8-27-26-5-1-2-6-28(24)25/h9-10H,1-8,15H2,(H,16,21)(H,17,18)(H,19,20)(H,22,23)(H,24,25). The minimum Gasteiger partial charge on any atom is -0.480 e. The number of nitrogens with one attached hydrogen (secondary N) is 2. The van der Waals surface area contributed by atoms with Crippen molar-refractivity contribution >= 4 is 56.4 Å². The quantitative estimate of drug-likeness (QED) is 0.0964. The predicted octanol–water partition coefficient (Wildman–Crippen LogP) is -0.753. The monoisotopic (exact) mass is 459 g/mol. The van der Waals surface area contributed by atoms with Gasteiger partial charge in [-0.15, -0.1) is 0 Å². The van der Waals surface area contributed by atoms with Crippen LogP contribution in [0.4, 0.5) is 0 Å². The Labute approximate surface area is 172 Å². The molecular weight excluding hydrogens is 434 g/mol. The third-order valence-corrected chi connectivity index (χ3v) is 6.32. The molecular formula is C14H25N3O8S3. The van der Waals surface area contributed by atoms with E-state index in [0.29, 0.717) is 18.6 Å². The van der Waals surface area contributed by atoms with E-state index in [2.05, 4.69) is 10.6 Å². The van der Waals surface area contributed by atoms with Crippen molar-refractivity contribution in [1.29, 1.82) is 0 Å². The van der Waals surface area contributed by atoms with Gasteiger partial charge in [-0.1, -0.05) is 21.6 Å². The molecule has 0 bridgehead atoms. The molecule has 0 rings (SSSR count). The van der Waals surface area contributed by atoms with Crippen LogP contribution >= 0.6 is 21.6 Å². The Bertz CT molecular complexity index is 564. The van der Waals surface area contributed by atoms with Crippen molar-refractivity contribution in [2.24, 2.45) is 5.73 Å². The van der Waals surface area contributed by atoms with Crippen LogP contribution in [0.25, 0.3) is 0 Å². The summed E-state index contributed by atoms with van der Waals surface area (Å²) < 4.78 is 19.2. The fourth-order valence-electron chi connectivity index (χ4n) is 1.71. The van der Waals surface area contributed by atoms with Gasteiger partial charge in [-0.05, 0) is 19.3 Å². The molecule has 0 radical (unpaired) electrons. The van der Waals surface area contributed by atoms with E-state index in [9.17, 15) is 23.4 Å². The molecule has 0 aliphatic rings. The van der Waals surface area contributed by atoms with Crippen molar-refractivity contribution in [2.45, 2.75) is 37.8 Å². The molecule has 11 nitrogen and oxygen atoms in total. The number of hydrogen-bond donors (Lipinski definition) is 6. The van der Waals surface area contributed by atoms with Gasteiger partial charge in [0, 0.05) is 23.7 Å². The zero-order valence-electron chi connectivity index (χ0n) is 15.0. The molecule has 0 spiro atoms. The van der Waals surface area contributed by atoms with Gasteiger partial charge in [-0.3, -0.25) is 19.2 Å². The number of rotatable bonds is 16. The summed E-state index contributed by atoms with van der Waals surface area (Å²) in [6, 6.07) is -2.18. The van der Waals surface area contributed by atoms with Crippen LogP contribution in [-0.4, -0.2) is 78.6 Å². The second-order valence-electron chi connectivity index (χ2n) is 5.55. The van der Waals surface area contributed by atoms with Crippen LogP contribution in [-0.2, 0) is 30.3 Å². The number of nitrogens with two attached hydrogens (primary N) is 1. The number of aliphatic carboxylic acids is 2. The van der Waals surface area contributed by atoms with Crippen LogP contribution in [0, 0.1) is 0 Å². The van der Waals surface area contributed by atoms with E-state index >= 15 is 0 Å². The number of carboxylic acids is 2. The van der Waals surface area contributed by atoms with Gasteiger partial charge in [-0.2, -0.15) is 0 Å². The molecule has 28 heavy (non-hydrogen) atoms. The highest BCUT2D eigenvalue weighted by molar-refractivity contribution is 8.76. The molecule has 0 aromatic carbocycles. The van der Waals surface area contributed by atoms with Crippen molar-refractivity contribution in [1.82, 2.24) is 10.6 Å². The van der Waals surface area contributed by atoms with Gasteiger partial charge in [0.15, 0.2) is 11.1 Å².